The molecular weight excluding hydrogens is 266 g/mol. The lowest BCUT2D eigenvalue weighted by Gasteiger charge is -2.07. The highest BCUT2D eigenvalue weighted by Gasteiger charge is 2.08. The van der Waals surface area contributed by atoms with Crippen molar-refractivity contribution in [2.24, 2.45) is 0 Å². The summed E-state index contributed by atoms with van der Waals surface area (Å²) in [5.41, 5.74) is 2.29. The van der Waals surface area contributed by atoms with Gasteiger partial charge in [-0.1, -0.05) is 30.3 Å². The second kappa shape index (κ2) is 7.19. The van der Waals surface area contributed by atoms with Gasteiger partial charge in [0.1, 0.15) is 0 Å². The lowest BCUT2D eigenvalue weighted by atomic mass is 10.2. The maximum atomic E-state index is 11.8. The summed E-state index contributed by atoms with van der Waals surface area (Å²) >= 11 is 0. The summed E-state index contributed by atoms with van der Waals surface area (Å²) in [5, 5.41) is 5.31. The molecule has 1 aromatic carbocycles. The standard InChI is InChI=1S/C16H17N3O2/c1-12-7-8-14(10-17-12)16(21)19-11-15(20)18-9-13-5-3-2-4-6-13/h2-8,10H,9,11H2,1H3,(H,18,20)(H,19,21). The number of carbonyl (C=O) groups is 2. The van der Waals surface area contributed by atoms with Gasteiger partial charge >= 0.3 is 0 Å². The molecule has 0 unspecified atom stereocenters. The third kappa shape index (κ3) is 4.72. The molecular formula is C16H17N3O2. The van der Waals surface area contributed by atoms with Crippen LogP contribution in [0.4, 0.5) is 0 Å². The predicted octanol–water partition coefficient (Wildman–Crippen LogP) is 1.44. The maximum Gasteiger partial charge on any atom is 0.253 e. The first-order chi connectivity index (χ1) is 10.1. The molecule has 108 valence electrons. The van der Waals surface area contributed by atoms with Gasteiger partial charge in [0.25, 0.3) is 5.91 Å². The third-order valence-electron chi connectivity index (χ3n) is 2.92. The Morgan fingerprint density at radius 1 is 1.05 bits per heavy atom. The first-order valence-electron chi connectivity index (χ1n) is 6.66. The number of nitrogens with zero attached hydrogens (tertiary/aromatic N) is 1. The molecule has 0 aliphatic carbocycles. The van der Waals surface area contributed by atoms with Gasteiger partial charge in [0.15, 0.2) is 0 Å². The van der Waals surface area contributed by atoms with E-state index >= 15 is 0 Å². The molecule has 0 saturated heterocycles. The normalized spacial score (nSPS) is 9.95. The Bertz CT molecular complexity index is 609. The van der Waals surface area contributed by atoms with Crippen molar-refractivity contribution in [1.82, 2.24) is 15.6 Å². The Morgan fingerprint density at radius 2 is 1.81 bits per heavy atom. The summed E-state index contributed by atoms with van der Waals surface area (Å²) in [6, 6.07) is 13.0. The number of hydrogen-bond donors (Lipinski definition) is 2. The molecule has 2 rings (SSSR count). The van der Waals surface area contributed by atoms with Gasteiger partial charge in [-0.2, -0.15) is 0 Å². The summed E-state index contributed by atoms with van der Waals surface area (Å²) in [7, 11) is 0. The van der Waals surface area contributed by atoms with E-state index in [1.807, 2.05) is 37.3 Å². The maximum absolute atomic E-state index is 11.8. The molecule has 21 heavy (non-hydrogen) atoms. The van der Waals surface area contributed by atoms with E-state index in [1.54, 1.807) is 12.1 Å². The summed E-state index contributed by atoms with van der Waals surface area (Å²) in [6.45, 7) is 2.24. The minimum absolute atomic E-state index is 0.0560. The summed E-state index contributed by atoms with van der Waals surface area (Å²) < 4.78 is 0. The fourth-order valence-corrected chi connectivity index (χ4v) is 1.72. The third-order valence-corrected chi connectivity index (χ3v) is 2.92. The Balaban J connectivity index is 1.76. The monoisotopic (exact) mass is 283 g/mol. The second-order valence-electron chi connectivity index (χ2n) is 4.63. The average molecular weight is 283 g/mol. The molecule has 2 amide bonds. The zero-order chi connectivity index (χ0) is 15.1. The van der Waals surface area contributed by atoms with Gasteiger partial charge in [-0.05, 0) is 24.6 Å². The van der Waals surface area contributed by atoms with E-state index in [0.717, 1.165) is 11.3 Å². The number of aryl methyl sites for hydroxylation is 1. The van der Waals surface area contributed by atoms with Crippen LogP contribution in [0.5, 0.6) is 0 Å². The van der Waals surface area contributed by atoms with E-state index in [1.165, 1.54) is 6.20 Å². The van der Waals surface area contributed by atoms with Crippen molar-refractivity contribution in [2.45, 2.75) is 13.5 Å². The molecule has 0 aliphatic rings. The van der Waals surface area contributed by atoms with E-state index in [-0.39, 0.29) is 18.4 Å². The molecule has 1 aromatic heterocycles. The minimum atomic E-state index is -0.308. The molecule has 2 N–H and O–H groups in total. The number of aromatic nitrogens is 1. The Hall–Kier alpha value is -2.69. The van der Waals surface area contributed by atoms with Crippen molar-refractivity contribution in [3.63, 3.8) is 0 Å². The van der Waals surface area contributed by atoms with E-state index in [0.29, 0.717) is 12.1 Å². The van der Waals surface area contributed by atoms with Crippen molar-refractivity contribution in [2.75, 3.05) is 6.54 Å². The largest absolute Gasteiger partial charge is 0.350 e. The molecule has 5 heteroatoms. The second-order valence-corrected chi connectivity index (χ2v) is 4.63. The molecule has 0 atom stereocenters. The highest BCUT2D eigenvalue weighted by atomic mass is 16.2. The minimum Gasteiger partial charge on any atom is -0.350 e. The number of rotatable bonds is 5. The lowest BCUT2D eigenvalue weighted by Crippen LogP contribution is -2.36. The molecule has 0 bridgehead atoms. The van der Waals surface area contributed by atoms with Gasteiger partial charge in [0.2, 0.25) is 5.91 Å². The van der Waals surface area contributed by atoms with Crippen LogP contribution >= 0.6 is 0 Å². The van der Waals surface area contributed by atoms with Gasteiger partial charge < -0.3 is 10.6 Å². The van der Waals surface area contributed by atoms with Crippen LogP contribution in [0.15, 0.2) is 48.7 Å². The fourth-order valence-electron chi connectivity index (χ4n) is 1.72. The molecule has 5 nitrogen and oxygen atoms in total. The van der Waals surface area contributed by atoms with Crippen LogP contribution in [-0.4, -0.2) is 23.3 Å². The zero-order valence-corrected chi connectivity index (χ0v) is 11.8. The van der Waals surface area contributed by atoms with E-state index in [9.17, 15) is 9.59 Å². The van der Waals surface area contributed by atoms with Crippen LogP contribution < -0.4 is 10.6 Å². The van der Waals surface area contributed by atoms with Gasteiger partial charge in [0.05, 0.1) is 12.1 Å². The zero-order valence-electron chi connectivity index (χ0n) is 11.8. The van der Waals surface area contributed by atoms with E-state index in [4.69, 9.17) is 0 Å². The highest BCUT2D eigenvalue weighted by molar-refractivity contribution is 5.96. The SMILES string of the molecule is Cc1ccc(C(=O)NCC(=O)NCc2ccccc2)cn1. The van der Waals surface area contributed by atoms with E-state index in [2.05, 4.69) is 15.6 Å². The fraction of sp³-hybridized carbons (Fsp3) is 0.188. The van der Waals surface area contributed by atoms with Gasteiger partial charge in [-0.15, -0.1) is 0 Å². The summed E-state index contributed by atoms with van der Waals surface area (Å²) in [4.78, 5) is 27.5. The van der Waals surface area contributed by atoms with Crippen LogP contribution in [-0.2, 0) is 11.3 Å². The van der Waals surface area contributed by atoms with Crippen molar-refractivity contribution < 1.29 is 9.59 Å². The van der Waals surface area contributed by atoms with Crippen LogP contribution in [0.25, 0.3) is 0 Å². The van der Waals surface area contributed by atoms with Gasteiger partial charge in [-0.3, -0.25) is 14.6 Å². The number of hydrogen-bond acceptors (Lipinski definition) is 3. The lowest BCUT2D eigenvalue weighted by molar-refractivity contribution is -0.120. The molecule has 0 saturated carbocycles. The average Bonchev–Trinajstić information content (AvgIpc) is 2.52. The summed E-state index contributed by atoms with van der Waals surface area (Å²) in [5.74, 6) is -0.537. The topological polar surface area (TPSA) is 71.1 Å². The molecule has 2 aromatic rings. The van der Waals surface area contributed by atoms with Crippen molar-refractivity contribution in [1.29, 1.82) is 0 Å². The Kier molecular flexibility index (Phi) is 5.04. The van der Waals surface area contributed by atoms with Crippen LogP contribution in [0, 0.1) is 6.92 Å². The summed E-state index contributed by atoms with van der Waals surface area (Å²) in [6.07, 6.45) is 1.49. The van der Waals surface area contributed by atoms with Crippen molar-refractivity contribution in [3.05, 3.63) is 65.5 Å². The molecule has 0 spiro atoms. The van der Waals surface area contributed by atoms with E-state index < -0.39 is 0 Å². The quantitative estimate of drug-likeness (QED) is 0.872. The Morgan fingerprint density at radius 3 is 2.48 bits per heavy atom. The molecule has 0 fully saturated rings. The predicted molar refractivity (Wildman–Crippen MR) is 79.6 cm³/mol. The number of nitrogens with one attached hydrogen (secondary N) is 2. The number of benzene rings is 1. The Labute approximate surface area is 123 Å². The molecule has 1 heterocycles. The van der Waals surface area contributed by atoms with Gasteiger partial charge in [0, 0.05) is 18.4 Å². The molecule has 0 radical (unpaired) electrons. The number of pyridine rings is 1. The first kappa shape index (κ1) is 14.7. The highest BCUT2D eigenvalue weighted by Crippen LogP contribution is 1.99. The van der Waals surface area contributed by atoms with Crippen molar-refractivity contribution >= 4 is 11.8 Å². The van der Waals surface area contributed by atoms with Crippen LogP contribution in [0.2, 0.25) is 0 Å². The van der Waals surface area contributed by atoms with Crippen LogP contribution in [0.1, 0.15) is 21.6 Å². The molecule has 0 aliphatic heterocycles. The number of carbonyl (C=O) groups excluding carboxylic acids is 2. The smallest absolute Gasteiger partial charge is 0.253 e. The first-order valence-corrected chi connectivity index (χ1v) is 6.66. The van der Waals surface area contributed by atoms with Crippen LogP contribution in [0.3, 0.4) is 0 Å². The number of amides is 2. The van der Waals surface area contributed by atoms with Gasteiger partial charge in [-0.25, -0.2) is 0 Å². The van der Waals surface area contributed by atoms with Crippen molar-refractivity contribution in [3.8, 4) is 0 Å².